The molecule has 1 aliphatic rings. The molecule has 0 saturated carbocycles. The highest BCUT2D eigenvalue weighted by molar-refractivity contribution is 5.97. The van der Waals surface area contributed by atoms with Gasteiger partial charge in [-0.25, -0.2) is 0 Å². The van der Waals surface area contributed by atoms with E-state index >= 15 is 0 Å². The van der Waals surface area contributed by atoms with E-state index in [0.717, 1.165) is 0 Å². The molecular formula is C16H20N2O6. The second-order valence-corrected chi connectivity index (χ2v) is 5.42. The Kier molecular flexibility index (Phi) is 5.62. The minimum atomic E-state index is -1.09. The zero-order chi connectivity index (χ0) is 17.7. The van der Waals surface area contributed by atoms with Crippen molar-refractivity contribution < 1.29 is 29.0 Å². The fourth-order valence-electron chi connectivity index (χ4n) is 2.25. The number of carboxylic acid groups (broad SMARTS) is 1. The van der Waals surface area contributed by atoms with E-state index in [-0.39, 0.29) is 19.4 Å². The van der Waals surface area contributed by atoms with Gasteiger partial charge < -0.3 is 24.8 Å². The summed E-state index contributed by atoms with van der Waals surface area (Å²) < 4.78 is 10.4. The summed E-state index contributed by atoms with van der Waals surface area (Å²) in [6.07, 6.45) is 0.620. The number of nitrogens with zero attached hydrogens (tertiary/aromatic N) is 1. The third-order valence-electron chi connectivity index (χ3n) is 3.78. The van der Waals surface area contributed by atoms with E-state index in [0.29, 0.717) is 23.5 Å². The summed E-state index contributed by atoms with van der Waals surface area (Å²) in [5.41, 5.74) is 0.334. The molecule has 0 aliphatic carbocycles. The van der Waals surface area contributed by atoms with Gasteiger partial charge in [-0.1, -0.05) is 6.92 Å². The zero-order valence-corrected chi connectivity index (χ0v) is 13.6. The fraction of sp³-hybridized carbons (Fsp3) is 0.438. The topological polar surface area (TPSA) is 105 Å². The maximum absolute atomic E-state index is 12.2. The van der Waals surface area contributed by atoms with Crippen molar-refractivity contribution in [3.05, 3.63) is 23.8 Å². The van der Waals surface area contributed by atoms with Gasteiger partial charge in [0.15, 0.2) is 11.5 Å². The van der Waals surface area contributed by atoms with E-state index in [1.165, 1.54) is 11.0 Å². The van der Waals surface area contributed by atoms with Gasteiger partial charge in [-0.2, -0.15) is 0 Å². The average Bonchev–Trinajstić information content (AvgIpc) is 3.03. The van der Waals surface area contributed by atoms with Crippen molar-refractivity contribution in [2.24, 2.45) is 0 Å². The van der Waals surface area contributed by atoms with Crippen molar-refractivity contribution >= 4 is 17.8 Å². The van der Waals surface area contributed by atoms with Crippen molar-refractivity contribution in [2.75, 3.05) is 19.9 Å². The number of fused-ring (bicyclic) bond motifs is 1. The lowest BCUT2D eigenvalue weighted by molar-refractivity contribution is -0.145. The Morgan fingerprint density at radius 3 is 2.67 bits per heavy atom. The van der Waals surface area contributed by atoms with Crippen molar-refractivity contribution in [3.63, 3.8) is 0 Å². The molecule has 130 valence electrons. The highest BCUT2D eigenvalue weighted by Gasteiger charge is 2.22. The highest BCUT2D eigenvalue weighted by atomic mass is 16.7. The molecule has 2 amide bonds. The van der Waals surface area contributed by atoms with Crippen molar-refractivity contribution in [1.82, 2.24) is 10.2 Å². The predicted octanol–water partition coefficient (Wildman–Crippen LogP) is 0.857. The van der Waals surface area contributed by atoms with Crippen LogP contribution in [-0.2, 0) is 9.59 Å². The molecule has 8 heteroatoms. The molecule has 8 nitrogen and oxygen atoms in total. The zero-order valence-electron chi connectivity index (χ0n) is 13.6. The van der Waals surface area contributed by atoms with E-state index in [1.54, 1.807) is 19.1 Å². The van der Waals surface area contributed by atoms with Gasteiger partial charge in [-0.3, -0.25) is 14.4 Å². The lowest BCUT2D eigenvalue weighted by Crippen LogP contribution is -2.46. The molecule has 0 fully saturated rings. The third-order valence-corrected chi connectivity index (χ3v) is 3.78. The summed E-state index contributed by atoms with van der Waals surface area (Å²) in [6.45, 7) is 3.06. The van der Waals surface area contributed by atoms with Crippen LogP contribution in [0, 0.1) is 0 Å². The molecule has 0 bridgehead atoms. The molecule has 0 radical (unpaired) electrons. The number of hydrogen-bond donors (Lipinski definition) is 2. The number of carbonyl (C=O) groups excluding carboxylic acids is 2. The summed E-state index contributed by atoms with van der Waals surface area (Å²) in [5.74, 6) is -0.944. The first-order valence-corrected chi connectivity index (χ1v) is 7.61. The maximum Gasteiger partial charge on any atom is 0.323 e. The second-order valence-electron chi connectivity index (χ2n) is 5.42. The number of benzene rings is 1. The smallest absolute Gasteiger partial charge is 0.323 e. The van der Waals surface area contributed by atoms with Crippen LogP contribution in [0.5, 0.6) is 11.5 Å². The van der Waals surface area contributed by atoms with Crippen LogP contribution in [0.25, 0.3) is 0 Å². The largest absolute Gasteiger partial charge is 0.480 e. The molecule has 0 aromatic heterocycles. The molecule has 0 saturated heterocycles. The minimum Gasteiger partial charge on any atom is -0.480 e. The summed E-state index contributed by atoms with van der Waals surface area (Å²) in [6, 6.07) is 4.49. The fourth-order valence-corrected chi connectivity index (χ4v) is 2.25. The molecule has 1 aromatic carbocycles. The molecule has 0 spiro atoms. The molecule has 1 aromatic rings. The van der Waals surface area contributed by atoms with Crippen LogP contribution in [0.15, 0.2) is 18.2 Å². The Bertz CT molecular complexity index is 645. The Labute approximate surface area is 139 Å². The van der Waals surface area contributed by atoms with Crippen LogP contribution in [0.4, 0.5) is 0 Å². The summed E-state index contributed by atoms with van der Waals surface area (Å²) >= 11 is 0. The van der Waals surface area contributed by atoms with Crippen molar-refractivity contribution in [2.45, 2.75) is 26.3 Å². The van der Waals surface area contributed by atoms with E-state index in [1.807, 2.05) is 6.92 Å². The van der Waals surface area contributed by atoms with Crippen molar-refractivity contribution in [3.8, 4) is 11.5 Å². The molecular weight excluding hydrogens is 316 g/mol. The van der Waals surface area contributed by atoms with Crippen LogP contribution in [0.3, 0.4) is 0 Å². The van der Waals surface area contributed by atoms with Crippen LogP contribution >= 0.6 is 0 Å². The quantitative estimate of drug-likeness (QED) is 0.765. The first-order chi connectivity index (χ1) is 11.4. The summed E-state index contributed by atoms with van der Waals surface area (Å²) in [4.78, 5) is 36.5. The molecule has 1 heterocycles. The second kappa shape index (κ2) is 7.67. The first-order valence-electron chi connectivity index (χ1n) is 7.61. The number of carboxylic acids is 1. The van der Waals surface area contributed by atoms with E-state index in [4.69, 9.17) is 14.6 Å². The van der Waals surface area contributed by atoms with Gasteiger partial charge in [0.1, 0.15) is 6.54 Å². The van der Waals surface area contributed by atoms with Crippen LogP contribution in [0.2, 0.25) is 0 Å². The van der Waals surface area contributed by atoms with Gasteiger partial charge in [0, 0.05) is 11.6 Å². The SMILES string of the molecule is CCC(C)N(CC(=O)O)C(=O)CNC(=O)c1ccc2c(c1)OCO2. The summed E-state index contributed by atoms with van der Waals surface area (Å²) in [5, 5.41) is 11.4. The van der Waals surface area contributed by atoms with E-state index < -0.39 is 24.3 Å². The van der Waals surface area contributed by atoms with Gasteiger partial charge in [0.05, 0.1) is 6.54 Å². The molecule has 2 rings (SSSR count). The number of nitrogens with one attached hydrogen (secondary N) is 1. The standard InChI is InChI=1S/C16H20N2O6/c1-3-10(2)18(8-15(20)21)14(19)7-17-16(22)11-4-5-12-13(6-11)24-9-23-12/h4-6,10H,3,7-9H2,1-2H3,(H,17,22)(H,20,21). The average molecular weight is 336 g/mol. The highest BCUT2D eigenvalue weighted by Crippen LogP contribution is 2.32. The van der Waals surface area contributed by atoms with Gasteiger partial charge in [0.2, 0.25) is 12.7 Å². The predicted molar refractivity (Wildman–Crippen MR) is 84.0 cm³/mol. The molecule has 1 aliphatic heterocycles. The summed E-state index contributed by atoms with van der Waals surface area (Å²) in [7, 11) is 0. The van der Waals surface area contributed by atoms with Gasteiger partial charge in [0.25, 0.3) is 5.91 Å². The lowest BCUT2D eigenvalue weighted by Gasteiger charge is -2.27. The van der Waals surface area contributed by atoms with Crippen LogP contribution in [0.1, 0.15) is 30.6 Å². The number of amides is 2. The van der Waals surface area contributed by atoms with Crippen LogP contribution in [-0.4, -0.2) is 53.7 Å². The minimum absolute atomic E-state index is 0.109. The van der Waals surface area contributed by atoms with Gasteiger partial charge in [-0.15, -0.1) is 0 Å². The molecule has 1 unspecified atom stereocenters. The molecule has 24 heavy (non-hydrogen) atoms. The maximum atomic E-state index is 12.2. The normalized spacial score (nSPS) is 13.2. The van der Waals surface area contributed by atoms with Gasteiger partial charge in [-0.05, 0) is 31.5 Å². The van der Waals surface area contributed by atoms with Crippen LogP contribution < -0.4 is 14.8 Å². The number of ether oxygens (including phenoxy) is 2. The van der Waals surface area contributed by atoms with Gasteiger partial charge >= 0.3 is 5.97 Å². The number of aliphatic carboxylic acids is 1. The Hall–Kier alpha value is -2.77. The van der Waals surface area contributed by atoms with Crippen molar-refractivity contribution in [1.29, 1.82) is 0 Å². The number of hydrogen-bond acceptors (Lipinski definition) is 5. The number of carbonyl (C=O) groups is 3. The monoisotopic (exact) mass is 336 g/mol. The molecule has 2 N–H and O–H groups in total. The van der Waals surface area contributed by atoms with E-state index in [2.05, 4.69) is 5.32 Å². The first kappa shape index (κ1) is 17.6. The Morgan fingerprint density at radius 1 is 1.29 bits per heavy atom. The lowest BCUT2D eigenvalue weighted by atomic mass is 10.2. The third kappa shape index (κ3) is 4.15. The Balaban J connectivity index is 1.96. The van der Waals surface area contributed by atoms with E-state index in [9.17, 15) is 14.4 Å². The number of rotatable bonds is 7. The molecule has 1 atom stereocenters. The Morgan fingerprint density at radius 2 is 2.00 bits per heavy atom.